The van der Waals surface area contributed by atoms with E-state index < -0.39 is 0 Å². The highest BCUT2D eigenvalue weighted by molar-refractivity contribution is 6.01. The largest absolute Gasteiger partial charge is 0.464 e. The molecule has 1 aromatic heterocycles. The van der Waals surface area contributed by atoms with Crippen molar-refractivity contribution in [2.75, 3.05) is 6.54 Å². The lowest BCUT2D eigenvalue weighted by atomic mass is 10.4. The Morgan fingerprint density at radius 3 is 2.79 bits per heavy atom. The van der Waals surface area contributed by atoms with Gasteiger partial charge in [0.15, 0.2) is 0 Å². The molecule has 2 rings (SSSR count). The third-order valence-electron chi connectivity index (χ3n) is 2.01. The number of hydrogen-bond acceptors (Lipinski definition) is 3. The van der Waals surface area contributed by atoms with Crippen LogP contribution in [0.3, 0.4) is 0 Å². The number of furan rings is 1. The molecule has 1 aromatic rings. The van der Waals surface area contributed by atoms with E-state index in [-0.39, 0.29) is 18.5 Å². The first-order chi connectivity index (χ1) is 6.65. The Morgan fingerprint density at radius 2 is 2.29 bits per heavy atom. The van der Waals surface area contributed by atoms with Crippen LogP contribution in [0.2, 0.25) is 0 Å². The SMILES string of the molecule is Cc1ccc(CN2CC(=O)NC2=O)o1. The van der Waals surface area contributed by atoms with Crippen molar-refractivity contribution in [3.63, 3.8) is 0 Å². The summed E-state index contributed by atoms with van der Waals surface area (Å²) < 4.78 is 5.30. The first-order valence-electron chi connectivity index (χ1n) is 4.29. The summed E-state index contributed by atoms with van der Waals surface area (Å²) in [6.45, 7) is 2.28. The Morgan fingerprint density at radius 1 is 1.50 bits per heavy atom. The predicted molar refractivity (Wildman–Crippen MR) is 47.4 cm³/mol. The second-order valence-corrected chi connectivity index (χ2v) is 3.22. The third-order valence-corrected chi connectivity index (χ3v) is 2.01. The first-order valence-corrected chi connectivity index (χ1v) is 4.29. The summed E-state index contributed by atoms with van der Waals surface area (Å²) in [4.78, 5) is 23.4. The summed E-state index contributed by atoms with van der Waals surface area (Å²) in [5.41, 5.74) is 0. The van der Waals surface area contributed by atoms with Gasteiger partial charge >= 0.3 is 6.03 Å². The maximum atomic E-state index is 11.1. The summed E-state index contributed by atoms with van der Waals surface area (Å²) >= 11 is 0. The molecule has 0 aromatic carbocycles. The van der Waals surface area contributed by atoms with Crippen LogP contribution in [-0.2, 0) is 11.3 Å². The minimum atomic E-state index is -0.357. The molecule has 0 radical (unpaired) electrons. The van der Waals surface area contributed by atoms with Gasteiger partial charge in [-0.3, -0.25) is 10.1 Å². The Kier molecular flexibility index (Phi) is 1.99. The molecule has 0 atom stereocenters. The summed E-state index contributed by atoms with van der Waals surface area (Å²) in [5, 5.41) is 2.20. The molecule has 0 aliphatic carbocycles. The van der Waals surface area contributed by atoms with E-state index >= 15 is 0 Å². The van der Waals surface area contributed by atoms with Gasteiger partial charge in [0.05, 0.1) is 6.54 Å². The monoisotopic (exact) mass is 194 g/mol. The Balaban J connectivity index is 2.05. The van der Waals surface area contributed by atoms with E-state index in [4.69, 9.17) is 4.42 Å². The van der Waals surface area contributed by atoms with Gasteiger partial charge in [-0.25, -0.2) is 4.79 Å². The van der Waals surface area contributed by atoms with Crippen molar-refractivity contribution in [3.05, 3.63) is 23.7 Å². The van der Waals surface area contributed by atoms with E-state index in [1.807, 2.05) is 13.0 Å². The van der Waals surface area contributed by atoms with Crippen molar-refractivity contribution in [1.29, 1.82) is 0 Å². The second-order valence-electron chi connectivity index (χ2n) is 3.22. The van der Waals surface area contributed by atoms with Crippen LogP contribution in [-0.4, -0.2) is 23.4 Å². The fourth-order valence-corrected chi connectivity index (χ4v) is 1.37. The highest BCUT2D eigenvalue weighted by atomic mass is 16.3. The van der Waals surface area contributed by atoms with Crippen LogP contribution in [0.5, 0.6) is 0 Å². The van der Waals surface area contributed by atoms with Gasteiger partial charge in [-0.15, -0.1) is 0 Å². The number of amides is 3. The fraction of sp³-hybridized carbons (Fsp3) is 0.333. The average molecular weight is 194 g/mol. The number of nitrogens with zero attached hydrogens (tertiary/aromatic N) is 1. The van der Waals surface area contributed by atoms with Gasteiger partial charge in [0, 0.05) is 0 Å². The number of aryl methyl sites for hydroxylation is 1. The average Bonchev–Trinajstić information content (AvgIpc) is 2.61. The Labute approximate surface area is 80.7 Å². The molecule has 1 saturated heterocycles. The molecule has 2 heterocycles. The van der Waals surface area contributed by atoms with Gasteiger partial charge in [-0.2, -0.15) is 0 Å². The summed E-state index contributed by atoms with van der Waals surface area (Å²) in [6.07, 6.45) is 0. The van der Waals surface area contributed by atoms with Crippen LogP contribution in [0.1, 0.15) is 11.5 Å². The maximum Gasteiger partial charge on any atom is 0.324 e. The van der Waals surface area contributed by atoms with Crippen LogP contribution in [0.25, 0.3) is 0 Å². The fourth-order valence-electron chi connectivity index (χ4n) is 1.37. The number of imide groups is 1. The Hall–Kier alpha value is -1.78. The second kappa shape index (κ2) is 3.17. The van der Waals surface area contributed by atoms with Crippen LogP contribution in [0, 0.1) is 6.92 Å². The highest BCUT2D eigenvalue weighted by Crippen LogP contribution is 2.11. The van der Waals surface area contributed by atoms with Gasteiger partial charge in [-0.05, 0) is 19.1 Å². The molecule has 0 bridgehead atoms. The number of urea groups is 1. The van der Waals surface area contributed by atoms with Crippen LogP contribution < -0.4 is 5.32 Å². The lowest BCUT2D eigenvalue weighted by Crippen LogP contribution is -2.27. The van der Waals surface area contributed by atoms with Crippen molar-refractivity contribution in [2.24, 2.45) is 0 Å². The molecule has 0 spiro atoms. The van der Waals surface area contributed by atoms with Crippen molar-refractivity contribution < 1.29 is 14.0 Å². The molecule has 0 saturated carbocycles. The van der Waals surface area contributed by atoms with Gasteiger partial charge in [-0.1, -0.05) is 0 Å². The molecule has 14 heavy (non-hydrogen) atoms. The summed E-state index contributed by atoms with van der Waals surface area (Å²) in [7, 11) is 0. The van der Waals surface area contributed by atoms with Gasteiger partial charge in [0.25, 0.3) is 0 Å². The van der Waals surface area contributed by atoms with E-state index in [1.54, 1.807) is 6.07 Å². The molecule has 1 fully saturated rings. The molecule has 74 valence electrons. The number of nitrogens with one attached hydrogen (secondary N) is 1. The highest BCUT2D eigenvalue weighted by Gasteiger charge is 2.27. The standard InChI is InChI=1S/C9H10N2O3/c1-6-2-3-7(14-6)4-11-5-8(12)10-9(11)13/h2-3H,4-5H2,1H3,(H,10,12,13). The van der Waals surface area contributed by atoms with E-state index in [0.29, 0.717) is 12.3 Å². The van der Waals surface area contributed by atoms with Gasteiger partial charge in [0.1, 0.15) is 18.1 Å². The smallest absolute Gasteiger partial charge is 0.324 e. The minimum absolute atomic E-state index is 0.110. The van der Waals surface area contributed by atoms with E-state index in [2.05, 4.69) is 5.32 Å². The van der Waals surface area contributed by atoms with Crippen LogP contribution >= 0.6 is 0 Å². The maximum absolute atomic E-state index is 11.1. The quantitative estimate of drug-likeness (QED) is 0.703. The molecular formula is C9H10N2O3. The van der Waals surface area contributed by atoms with Crippen molar-refractivity contribution >= 4 is 11.9 Å². The topological polar surface area (TPSA) is 62.6 Å². The lowest BCUT2D eigenvalue weighted by molar-refractivity contribution is -0.118. The summed E-state index contributed by atoms with van der Waals surface area (Å²) in [5.74, 6) is 1.22. The molecule has 3 amide bonds. The molecule has 5 heteroatoms. The lowest BCUT2D eigenvalue weighted by Gasteiger charge is -2.09. The van der Waals surface area contributed by atoms with E-state index in [0.717, 1.165) is 5.76 Å². The Bertz CT molecular complexity index is 383. The third kappa shape index (κ3) is 1.61. The zero-order valence-electron chi connectivity index (χ0n) is 7.74. The zero-order chi connectivity index (χ0) is 10.1. The zero-order valence-corrected chi connectivity index (χ0v) is 7.74. The van der Waals surface area contributed by atoms with E-state index in [1.165, 1.54) is 4.90 Å². The molecule has 5 nitrogen and oxygen atoms in total. The predicted octanol–water partition coefficient (Wildman–Crippen LogP) is 0.640. The normalized spacial score (nSPS) is 16.2. The van der Waals surface area contributed by atoms with Crippen molar-refractivity contribution in [2.45, 2.75) is 13.5 Å². The van der Waals surface area contributed by atoms with E-state index in [9.17, 15) is 9.59 Å². The van der Waals surface area contributed by atoms with Crippen LogP contribution in [0.15, 0.2) is 16.5 Å². The van der Waals surface area contributed by atoms with Gasteiger partial charge in [0.2, 0.25) is 5.91 Å². The number of carbonyl (C=O) groups excluding carboxylic acids is 2. The number of carbonyl (C=O) groups is 2. The number of hydrogen-bond donors (Lipinski definition) is 1. The molecule has 0 unspecified atom stereocenters. The minimum Gasteiger partial charge on any atom is -0.464 e. The molecule has 1 N–H and O–H groups in total. The van der Waals surface area contributed by atoms with Crippen molar-refractivity contribution in [1.82, 2.24) is 10.2 Å². The summed E-state index contributed by atoms with van der Waals surface area (Å²) in [6, 6.07) is 3.26. The number of rotatable bonds is 2. The molecule has 1 aliphatic heterocycles. The van der Waals surface area contributed by atoms with Crippen LogP contribution in [0.4, 0.5) is 4.79 Å². The molecular weight excluding hydrogens is 184 g/mol. The van der Waals surface area contributed by atoms with Gasteiger partial charge < -0.3 is 9.32 Å². The first kappa shape index (κ1) is 8.80. The molecule has 1 aliphatic rings. The van der Waals surface area contributed by atoms with Crippen molar-refractivity contribution in [3.8, 4) is 0 Å².